The molecular weight excluding hydrogens is 334 g/mol. The molecule has 132 valence electrons. The van der Waals surface area contributed by atoms with E-state index < -0.39 is 0 Å². The third-order valence-electron chi connectivity index (χ3n) is 4.59. The molecular formula is C22H19N5. The monoisotopic (exact) mass is 353 g/mol. The van der Waals surface area contributed by atoms with Crippen molar-refractivity contribution < 1.29 is 0 Å². The van der Waals surface area contributed by atoms with Gasteiger partial charge in [0.05, 0.1) is 11.3 Å². The maximum atomic E-state index is 9.64. The van der Waals surface area contributed by atoms with E-state index in [4.69, 9.17) is 0 Å². The minimum Gasteiger partial charge on any atom is -0.378 e. The molecule has 2 aromatic carbocycles. The molecule has 2 N–H and O–H groups in total. The number of rotatable bonds is 4. The largest absolute Gasteiger partial charge is 0.378 e. The van der Waals surface area contributed by atoms with Gasteiger partial charge in [-0.2, -0.15) is 5.26 Å². The van der Waals surface area contributed by atoms with Crippen molar-refractivity contribution in [1.82, 2.24) is 9.97 Å². The van der Waals surface area contributed by atoms with Gasteiger partial charge < -0.3 is 15.2 Å². The number of H-pyrrole nitrogens is 1. The van der Waals surface area contributed by atoms with Crippen LogP contribution in [-0.2, 0) is 0 Å². The minimum atomic E-state index is 0.510. The number of pyridine rings is 1. The Morgan fingerprint density at radius 3 is 2.74 bits per heavy atom. The van der Waals surface area contributed by atoms with E-state index in [9.17, 15) is 5.26 Å². The average molecular weight is 353 g/mol. The van der Waals surface area contributed by atoms with Crippen LogP contribution >= 0.6 is 0 Å². The SMILES string of the molecule is CN(C)c1cccc(-c2cncc(C#N)c2Nc2cccc3[nH]ccc23)c1. The highest BCUT2D eigenvalue weighted by Gasteiger charge is 2.13. The Balaban J connectivity index is 1.87. The molecule has 0 spiro atoms. The maximum Gasteiger partial charge on any atom is 0.103 e. The molecule has 4 rings (SSSR count). The van der Waals surface area contributed by atoms with Gasteiger partial charge in [0.2, 0.25) is 0 Å². The van der Waals surface area contributed by atoms with Gasteiger partial charge in [0.1, 0.15) is 6.07 Å². The fraction of sp³-hybridized carbons (Fsp3) is 0.0909. The molecule has 0 unspecified atom stereocenters. The van der Waals surface area contributed by atoms with Crippen LogP contribution in [0.4, 0.5) is 17.1 Å². The van der Waals surface area contributed by atoms with Gasteiger partial charge in [0.25, 0.3) is 0 Å². The highest BCUT2D eigenvalue weighted by molar-refractivity contribution is 5.96. The number of nitrogens with one attached hydrogen (secondary N) is 2. The quantitative estimate of drug-likeness (QED) is 0.547. The third kappa shape index (κ3) is 3.09. The molecule has 0 bridgehead atoms. The van der Waals surface area contributed by atoms with Crippen molar-refractivity contribution in [1.29, 1.82) is 5.26 Å². The molecule has 2 aromatic heterocycles. The summed E-state index contributed by atoms with van der Waals surface area (Å²) in [4.78, 5) is 9.55. The summed E-state index contributed by atoms with van der Waals surface area (Å²) in [6.07, 6.45) is 5.31. The van der Waals surface area contributed by atoms with Crippen molar-refractivity contribution in [3.63, 3.8) is 0 Å². The fourth-order valence-corrected chi connectivity index (χ4v) is 3.18. The molecule has 4 aromatic rings. The zero-order valence-electron chi connectivity index (χ0n) is 15.2. The number of nitrogens with zero attached hydrogens (tertiary/aromatic N) is 3. The average Bonchev–Trinajstić information content (AvgIpc) is 3.18. The van der Waals surface area contributed by atoms with Crippen LogP contribution in [0.5, 0.6) is 0 Å². The maximum absolute atomic E-state index is 9.64. The van der Waals surface area contributed by atoms with E-state index >= 15 is 0 Å². The van der Waals surface area contributed by atoms with Crippen molar-refractivity contribution >= 4 is 28.0 Å². The molecule has 0 fully saturated rings. The predicted octanol–water partition coefficient (Wildman–Crippen LogP) is 4.91. The lowest BCUT2D eigenvalue weighted by atomic mass is 10.0. The first-order valence-electron chi connectivity index (χ1n) is 8.66. The Morgan fingerprint density at radius 1 is 1.07 bits per heavy atom. The van der Waals surface area contributed by atoms with E-state index in [0.717, 1.165) is 39.1 Å². The molecule has 0 aliphatic carbocycles. The number of aromatic amines is 1. The standard InChI is InChI=1S/C22H19N5/c1-27(2)17-6-3-5-15(11-17)19-14-24-13-16(12-23)22(19)26-21-8-4-7-20-18(21)9-10-25-20/h3-11,13-14,25H,1-2H3,(H,24,26). The summed E-state index contributed by atoms with van der Waals surface area (Å²) >= 11 is 0. The van der Waals surface area contributed by atoms with E-state index in [0.29, 0.717) is 5.56 Å². The first-order chi connectivity index (χ1) is 13.2. The second-order valence-electron chi connectivity index (χ2n) is 6.54. The number of benzene rings is 2. The summed E-state index contributed by atoms with van der Waals surface area (Å²) in [7, 11) is 4.02. The predicted molar refractivity (Wildman–Crippen MR) is 110 cm³/mol. The summed E-state index contributed by atoms with van der Waals surface area (Å²) in [6.45, 7) is 0. The van der Waals surface area contributed by atoms with Crippen molar-refractivity contribution in [2.45, 2.75) is 0 Å². The van der Waals surface area contributed by atoms with Gasteiger partial charge in [-0.1, -0.05) is 18.2 Å². The van der Waals surface area contributed by atoms with Crippen LogP contribution in [0.3, 0.4) is 0 Å². The Labute approximate surface area is 157 Å². The van der Waals surface area contributed by atoms with Crippen LogP contribution < -0.4 is 10.2 Å². The topological polar surface area (TPSA) is 67.7 Å². The van der Waals surface area contributed by atoms with Crippen LogP contribution in [0.15, 0.2) is 67.1 Å². The number of anilines is 3. The first-order valence-corrected chi connectivity index (χ1v) is 8.66. The minimum absolute atomic E-state index is 0.510. The molecule has 0 amide bonds. The lowest BCUT2D eigenvalue weighted by Gasteiger charge is -2.17. The summed E-state index contributed by atoms with van der Waals surface area (Å²) in [5.41, 5.74) is 6.26. The van der Waals surface area contributed by atoms with E-state index in [2.05, 4.69) is 38.4 Å². The van der Waals surface area contributed by atoms with Crippen molar-refractivity contribution in [3.8, 4) is 17.2 Å². The normalized spacial score (nSPS) is 10.6. The van der Waals surface area contributed by atoms with Crippen molar-refractivity contribution in [2.24, 2.45) is 0 Å². The van der Waals surface area contributed by atoms with Gasteiger partial charge in [-0.25, -0.2) is 0 Å². The van der Waals surface area contributed by atoms with E-state index in [1.807, 2.05) is 56.7 Å². The second kappa shape index (κ2) is 6.85. The summed E-state index contributed by atoms with van der Waals surface area (Å²) in [5.74, 6) is 0. The third-order valence-corrected chi connectivity index (χ3v) is 4.59. The lowest BCUT2D eigenvalue weighted by Crippen LogP contribution is -2.08. The molecule has 0 aliphatic heterocycles. The summed E-state index contributed by atoms with van der Waals surface area (Å²) < 4.78 is 0. The van der Waals surface area contributed by atoms with Crippen LogP contribution in [0.1, 0.15) is 5.56 Å². The molecule has 2 heterocycles. The Kier molecular flexibility index (Phi) is 4.23. The molecule has 5 heteroatoms. The lowest BCUT2D eigenvalue weighted by molar-refractivity contribution is 1.13. The Morgan fingerprint density at radius 2 is 1.93 bits per heavy atom. The molecule has 0 saturated carbocycles. The van der Waals surface area contributed by atoms with E-state index in [1.54, 1.807) is 12.4 Å². The zero-order valence-corrected chi connectivity index (χ0v) is 15.2. The van der Waals surface area contributed by atoms with Crippen LogP contribution in [0.25, 0.3) is 22.0 Å². The highest BCUT2D eigenvalue weighted by atomic mass is 15.1. The van der Waals surface area contributed by atoms with Crippen molar-refractivity contribution in [3.05, 3.63) is 72.7 Å². The molecule has 5 nitrogen and oxygen atoms in total. The first kappa shape index (κ1) is 16.7. The Hall–Kier alpha value is -3.78. The van der Waals surface area contributed by atoms with Gasteiger partial charge in [-0.05, 0) is 35.9 Å². The Bertz CT molecular complexity index is 1150. The zero-order chi connectivity index (χ0) is 18.8. The van der Waals surface area contributed by atoms with Crippen LogP contribution in [0, 0.1) is 11.3 Å². The van der Waals surface area contributed by atoms with E-state index in [1.165, 1.54) is 0 Å². The smallest absolute Gasteiger partial charge is 0.103 e. The van der Waals surface area contributed by atoms with E-state index in [-0.39, 0.29) is 0 Å². The molecule has 0 aliphatic rings. The highest BCUT2D eigenvalue weighted by Crippen LogP contribution is 2.35. The van der Waals surface area contributed by atoms with Crippen LogP contribution in [-0.4, -0.2) is 24.1 Å². The number of aromatic nitrogens is 2. The molecule has 27 heavy (non-hydrogen) atoms. The van der Waals surface area contributed by atoms with Gasteiger partial charge in [-0.3, -0.25) is 4.98 Å². The van der Waals surface area contributed by atoms with Gasteiger partial charge in [-0.15, -0.1) is 0 Å². The summed E-state index contributed by atoms with van der Waals surface area (Å²) in [5, 5.41) is 14.2. The molecule has 0 saturated heterocycles. The number of hydrogen-bond acceptors (Lipinski definition) is 4. The van der Waals surface area contributed by atoms with Crippen molar-refractivity contribution in [2.75, 3.05) is 24.3 Å². The molecule has 0 atom stereocenters. The second-order valence-corrected chi connectivity index (χ2v) is 6.54. The van der Waals surface area contributed by atoms with Gasteiger partial charge in [0, 0.05) is 60.5 Å². The van der Waals surface area contributed by atoms with Crippen LogP contribution in [0.2, 0.25) is 0 Å². The summed E-state index contributed by atoms with van der Waals surface area (Å²) in [6, 6.07) is 18.5. The number of hydrogen-bond donors (Lipinski definition) is 2. The van der Waals surface area contributed by atoms with Gasteiger partial charge in [0.15, 0.2) is 0 Å². The number of nitriles is 1. The van der Waals surface area contributed by atoms with Gasteiger partial charge >= 0.3 is 0 Å². The molecule has 0 radical (unpaired) electrons. The number of fused-ring (bicyclic) bond motifs is 1. The fourth-order valence-electron chi connectivity index (χ4n) is 3.18.